The molecule has 0 bridgehead atoms. The fourth-order valence-corrected chi connectivity index (χ4v) is 4.65. The predicted molar refractivity (Wildman–Crippen MR) is 181 cm³/mol. The van der Waals surface area contributed by atoms with Gasteiger partial charge in [0.25, 0.3) is 0 Å². The van der Waals surface area contributed by atoms with Gasteiger partial charge in [-0.3, -0.25) is 24.6 Å². The highest BCUT2D eigenvalue weighted by Gasteiger charge is 2.28. The Morgan fingerprint density at radius 3 is 1.90 bits per heavy atom. The van der Waals surface area contributed by atoms with Crippen LogP contribution >= 0.6 is 0 Å². The number of unbranched alkanes of at least 4 members (excludes halogenated alkanes) is 1. The number of hydrogen-bond acceptors (Lipinski definition) is 9. The molecule has 0 aliphatic carbocycles. The van der Waals surface area contributed by atoms with Gasteiger partial charge in [-0.1, -0.05) is 80.9 Å². The van der Waals surface area contributed by atoms with Crippen LogP contribution in [-0.4, -0.2) is 66.1 Å². The maximum atomic E-state index is 13.4. The standard InChI is InChI=1S/C36H52N4O8/c1-26(2)21-30(38-35(45)48-36(3,4)5)34(44)37-29(19-13-14-20-32(42)46-24-27-15-9-7-10-16-27)22-31(41)39-40(6)23-33(43)47-25-28-17-11-8-12-18-28/h7-12,15-18,26,29-30H,13-14,19-25H2,1-6H3,(H,37,44)(H,38,45)(H,39,41)/t29-,30+/m0/s1. The molecule has 12 nitrogen and oxygen atoms in total. The van der Waals surface area contributed by atoms with E-state index in [-0.39, 0.29) is 44.5 Å². The molecule has 264 valence electrons. The van der Waals surface area contributed by atoms with E-state index in [9.17, 15) is 24.0 Å². The quantitative estimate of drug-likeness (QED) is 0.0829. The first-order valence-corrected chi connectivity index (χ1v) is 16.4. The smallest absolute Gasteiger partial charge is 0.408 e. The summed E-state index contributed by atoms with van der Waals surface area (Å²) in [7, 11) is 1.54. The van der Waals surface area contributed by atoms with E-state index in [2.05, 4.69) is 16.1 Å². The summed E-state index contributed by atoms with van der Waals surface area (Å²) in [6.45, 7) is 9.18. The molecule has 2 aromatic rings. The number of carbonyl (C=O) groups is 5. The Morgan fingerprint density at radius 1 is 0.792 bits per heavy atom. The average molecular weight is 669 g/mol. The Balaban J connectivity index is 1.97. The molecule has 2 rings (SSSR count). The second-order valence-electron chi connectivity index (χ2n) is 13.2. The molecule has 12 heteroatoms. The molecule has 3 amide bonds. The number of hydrogen-bond donors (Lipinski definition) is 3. The highest BCUT2D eigenvalue weighted by atomic mass is 16.6. The summed E-state index contributed by atoms with van der Waals surface area (Å²) >= 11 is 0. The Bertz CT molecular complexity index is 1300. The van der Waals surface area contributed by atoms with Crippen molar-refractivity contribution in [3.63, 3.8) is 0 Å². The van der Waals surface area contributed by atoms with E-state index >= 15 is 0 Å². The molecule has 48 heavy (non-hydrogen) atoms. The first kappa shape index (κ1) is 39.7. The number of amides is 3. The third-order valence-corrected chi connectivity index (χ3v) is 6.84. The summed E-state index contributed by atoms with van der Waals surface area (Å²) in [6, 6.07) is 17.1. The first-order chi connectivity index (χ1) is 22.7. The van der Waals surface area contributed by atoms with E-state index in [0.717, 1.165) is 11.1 Å². The Morgan fingerprint density at radius 2 is 1.35 bits per heavy atom. The van der Waals surface area contributed by atoms with Crippen molar-refractivity contribution in [3.05, 3.63) is 71.8 Å². The van der Waals surface area contributed by atoms with Crippen LogP contribution < -0.4 is 16.1 Å². The van der Waals surface area contributed by atoms with Crippen molar-refractivity contribution < 1.29 is 38.2 Å². The molecule has 3 N–H and O–H groups in total. The number of nitrogens with one attached hydrogen (secondary N) is 3. The topological polar surface area (TPSA) is 152 Å². The lowest BCUT2D eigenvalue weighted by Crippen LogP contribution is -2.52. The van der Waals surface area contributed by atoms with Crippen molar-refractivity contribution in [2.45, 2.75) is 104 Å². The van der Waals surface area contributed by atoms with E-state index in [1.165, 1.54) is 5.01 Å². The fraction of sp³-hybridized carbons (Fsp3) is 0.528. The van der Waals surface area contributed by atoms with Crippen LogP contribution in [0.15, 0.2) is 60.7 Å². The minimum atomic E-state index is -0.888. The normalized spacial score (nSPS) is 12.5. The highest BCUT2D eigenvalue weighted by molar-refractivity contribution is 5.86. The highest BCUT2D eigenvalue weighted by Crippen LogP contribution is 2.13. The minimum Gasteiger partial charge on any atom is -0.461 e. The van der Waals surface area contributed by atoms with Crippen molar-refractivity contribution >= 4 is 29.8 Å². The molecular formula is C36H52N4O8. The largest absolute Gasteiger partial charge is 0.461 e. The number of benzene rings is 2. The lowest BCUT2D eigenvalue weighted by atomic mass is 10.0. The van der Waals surface area contributed by atoms with Crippen LogP contribution in [0.25, 0.3) is 0 Å². The zero-order chi connectivity index (χ0) is 35.5. The van der Waals surface area contributed by atoms with Crippen LogP contribution in [0.5, 0.6) is 0 Å². The van der Waals surface area contributed by atoms with Crippen LogP contribution in [0.4, 0.5) is 4.79 Å². The summed E-state index contributed by atoms with van der Waals surface area (Å²) in [4.78, 5) is 63.6. The van der Waals surface area contributed by atoms with Gasteiger partial charge in [0.15, 0.2) is 0 Å². The zero-order valence-electron chi connectivity index (χ0n) is 29.1. The van der Waals surface area contributed by atoms with Gasteiger partial charge < -0.3 is 24.8 Å². The van der Waals surface area contributed by atoms with Crippen LogP contribution in [0.2, 0.25) is 0 Å². The number of esters is 2. The Kier molecular flexibility index (Phi) is 17.1. The molecule has 2 atom stereocenters. The lowest BCUT2D eigenvalue weighted by molar-refractivity contribution is -0.147. The van der Waals surface area contributed by atoms with Gasteiger partial charge in [-0.25, -0.2) is 9.80 Å². The van der Waals surface area contributed by atoms with Crippen LogP contribution in [0.3, 0.4) is 0 Å². The van der Waals surface area contributed by atoms with Gasteiger partial charge in [0, 0.05) is 25.9 Å². The van der Waals surface area contributed by atoms with Crippen molar-refractivity contribution in [1.29, 1.82) is 0 Å². The van der Waals surface area contributed by atoms with E-state index in [1.54, 1.807) is 27.8 Å². The molecule has 0 heterocycles. The molecule has 0 aliphatic rings. The molecular weight excluding hydrogens is 616 g/mol. The van der Waals surface area contributed by atoms with Crippen molar-refractivity contribution in [3.8, 4) is 0 Å². The average Bonchev–Trinajstić information content (AvgIpc) is 3.00. The summed E-state index contributed by atoms with van der Waals surface area (Å²) in [5, 5.41) is 6.89. The van der Waals surface area contributed by atoms with Crippen molar-refractivity contribution in [2.75, 3.05) is 13.6 Å². The predicted octanol–water partition coefficient (Wildman–Crippen LogP) is 4.81. The maximum absolute atomic E-state index is 13.4. The summed E-state index contributed by atoms with van der Waals surface area (Å²) < 4.78 is 16.0. The third-order valence-electron chi connectivity index (χ3n) is 6.84. The van der Waals surface area contributed by atoms with Gasteiger partial charge in [0.2, 0.25) is 11.8 Å². The summed E-state index contributed by atoms with van der Waals surface area (Å²) in [5.41, 5.74) is 3.65. The van der Waals surface area contributed by atoms with Crippen LogP contribution in [-0.2, 0) is 46.6 Å². The molecule has 0 saturated carbocycles. The monoisotopic (exact) mass is 668 g/mol. The Labute approximate surface area is 284 Å². The molecule has 0 aromatic heterocycles. The van der Waals surface area contributed by atoms with Gasteiger partial charge in [0.1, 0.15) is 31.4 Å². The van der Waals surface area contributed by atoms with Gasteiger partial charge in [-0.05, 0) is 57.1 Å². The van der Waals surface area contributed by atoms with Gasteiger partial charge in [-0.2, -0.15) is 0 Å². The summed E-state index contributed by atoms with van der Waals surface area (Å²) in [5.74, 6) is -1.66. The number of alkyl carbamates (subject to hydrolysis) is 1. The second-order valence-corrected chi connectivity index (χ2v) is 13.2. The SMILES string of the molecule is CC(C)C[C@@H](NC(=O)OC(C)(C)C)C(=O)N[C@@H](CCCCC(=O)OCc1ccccc1)CC(=O)NN(C)CC(=O)OCc1ccccc1. The molecule has 0 saturated heterocycles. The van der Waals surface area contributed by atoms with Gasteiger partial charge in [0.05, 0.1) is 0 Å². The number of rotatable bonds is 19. The lowest BCUT2D eigenvalue weighted by Gasteiger charge is -2.26. The molecule has 0 spiro atoms. The molecule has 0 unspecified atom stereocenters. The van der Waals surface area contributed by atoms with Crippen molar-refractivity contribution in [1.82, 2.24) is 21.1 Å². The number of hydrazine groups is 1. The number of nitrogens with zero attached hydrogens (tertiary/aromatic N) is 1. The maximum Gasteiger partial charge on any atom is 0.408 e. The molecule has 0 fully saturated rings. The number of likely N-dealkylation sites (N-methyl/N-ethyl adjacent to an activating group) is 1. The Hall–Kier alpha value is -4.45. The molecule has 0 aliphatic heterocycles. The van der Waals surface area contributed by atoms with Crippen LogP contribution in [0, 0.1) is 5.92 Å². The van der Waals surface area contributed by atoms with E-state index < -0.39 is 41.6 Å². The second kappa shape index (κ2) is 20.7. The van der Waals surface area contributed by atoms with Gasteiger partial charge in [-0.15, -0.1) is 0 Å². The van der Waals surface area contributed by atoms with E-state index in [1.807, 2.05) is 74.5 Å². The minimum absolute atomic E-state index is 0.0784. The number of ether oxygens (including phenoxy) is 3. The first-order valence-electron chi connectivity index (χ1n) is 16.4. The van der Waals surface area contributed by atoms with Crippen LogP contribution in [0.1, 0.15) is 84.3 Å². The zero-order valence-corrected chi connectivity index (χ0v) is 29.1. The summed E-state index contributed by atoms with van der Waals surface area (Å²) in [6.07, 6.45) is 1.11. The van der Waals surface area contributed by atoms with E-state index in [0.29, 0.717) is 25.7 Å². The third kappa shape index (κ3) is 18.0. The van der Waals surface area contributed by atoms with Crippen molar-refractivity contribution in [2.24, 2.45) is 5.92 Å². The van der Waals surface area contributed by atoms with Gasteiger partial charge >= 0.3 is 18.0 Å². The molecule has 0 radical (unpaired) electrons. The number of carbonyl (C=O) groups excluding carboxylic acids is 5. The fourth-order valence-electron chi connectivity index (χ4n) is 4.65. The van der Waals surface area contributed by atoms with E-state index in [4.69, 9.17) is 14.2 Å². The molecule has 2 aromatic carbocycles.